The zero-order valence-corrected chi connectivity index (χ0v) is 19.7. The standard InChI is InChI=1S/C20H37NO11S/c1-10(24)21-13-18(32-20-17(28)16(27)14(25)11(8-22)31-20)15(26)12(9-23)30-19(13)29-6-4-3-5-7-33-2/h11-20,22-23,25-28H,3-9H2,1-2H3,(H,21,24)/t11?,12?,13-,14-,15-,16?,17-,18?,19-,20-/m1/s1. The molecule has 2 saturated heterocycles. The molecule has 0 radical (unpaired) electrons. The van der Waals surface area contributed by atoms with Gasteiger partial charge in [-0.3, -0.25) is 4.79 Å². The van der Waals surface area contributed by atoms with Gasteiger partial charge in [-0.2, -0.15) is 11.8 Å². The average molecular weight is 500 g/mol. The number of hydrogen-bond acceptors (Lipinski definition) is 12. The van der Waals surface area contributed by atoms with Crippen LogP contribution in [-0.2, 0) is 23.7 Å². The lowest BCUT2D eigenvalue weighted by atomic mass is 9.95. The maximum atomic E-state index is 11.9. The van der Waals surface area contributed by atoms with E-state index >= 15 is 0 Å². The first kappa shape index (κ1) is 28.7. The number of carbonyl (C=O) groups excluding carboxylic acids is 1. The maximum Gasteiger partial charge on any atom is 0.217 e. The Morgan fingerprint density at radius 2 is 1.55 bits per heavy atom. The summed E-state index contributed by atoms with van der Waals surface area (Å²) in [4.78, 5) is 11.9. The number of hydrogen-bond donors (Lipinski definition) is 7. The van der Waals surface area contributed by atoms with E-state index < -0.39 is 80.5 Å². The Morgan fingerprint density at radius 3 is 2.15 bits per heavy atom. The van der Waals surface area contributed by atoms with E-state index in [2.05, 4.69) is 5.32 Å². The second kappa shape index (κ2) is 14.1. The van der Waals surface area contributed by atoms with Crippen molar-refractivity contribution in [2.24, 2.45) is 0 Å². The van der Waals surface area contributed by atoms with Gasteiger partial charge in [-0.15, -0.1) is 0 Å². The molecule has 2 heterocycles. The van der Waals surface area contributed by atoms with Crippen molar-refractivity contribution in [1.82, 2.24) is 5.32 Å². The average Bonchev–Trinajstić information content (AvgIpc) is 2.79. The van der Waals surface area contributed by atoms with Gasteiger partial charge in [0, 0.05) is 13.5 Å². The van der Waals surface area contributed by atoms with Gasteiger partial charge in [0.1, 0.15) is 48.8 Å². The van der Waals surface area contributed by atoms with E-state index in [9.17, 15) is 35.4 Å². The molecular formula is C20H37NO11S. The van der Waals surface area contributed by atoms with Crippen molar-refractivity contribution in [3.8, 4) is 0 Å². The van der Waals surface area contributed by atoms with Crippen LogP contribution >= 0.6 is 11.8 Å². The topological polar surface area (TPSA) is 187 Å². The Labute approximate surface area is 197 Å². The highest BCUT2D eigenvalue weighted by Gasteiger charge is 2.51. The fourth-order valence-corrected chi connectivity index (χ4v) is 4.31. The fourth-order valence-electron chi connectivity index (χ4n) is 3.82. The minimum absolute atomic E-state index is 0.302. The summed E-state index contributed by atoms with van der Waals surface area (Å²) in [6, 6.07) is -1.04. The molecule has 0 aliphatic carbocycles. The zero-order chi connectivity index (χ0) is 24.5. The quantitative estimate of drug-likeness (QED) is 0.138. The molecule has 1 amide bonds. The van der Waals surface area contributed by atoms with E-state index in [0.717, 1.165) is 25.0 Å². The Balaban J connectivity index is 2.16. The smallest absolute Gasteiger partial charge is 0.217 e. The highest BCUT2D eigenvalue weighted by molar-refractivity contribution is 7.98. The van der Waals surface area contributed by atoms with Crippen LogP contribution in [-0.4, -0.2) is 130 Å². The van der Waals surface area contributed by atoms with Crippen molar-refractivity contribution in [2.75, 3.05) is 31.8 Å². The molecule has 10 atom stereocenters. The maximum absolute atomic E-state index is 11.9. The molecule has 33 heavy (non-hydrogen) atoms. The lowest BCUT2D eigenvalue weighted by Crippen LogP contribution is -2.68. The summed E-state index contributed by atoms with van der Waals surface area (Å²) < 4.78 is 22.6. The summed E-state index contributed by atoms with van der Waals surface area (Å²) in [5, 5.41) is 62.7. The molecule has 2 aliphatic rings. The number of thioether (sulfide) groups is 1. The van der Waals surface area contributed by atoms with Crippen LogP contribution in [0.5, 0.6) is 0 Å². The lowest BCUT2D eigenvalue weighted by molar-refractivity contribution is -0.344. The van der Waals surface area contributed by atoms with Crippen molar-refractivity contribution < 1.29 is 54.4 Å². The molecule has 0 aromatic carbocycles. The Bertz CT molecular complexity index is 586. The van der Waals surface area contributed by atoms with Crippen molar-refractivity contribution in [3.05, 3.63) is 0 Å². The molecule has 12 nitrogen and oxygen atoms in total. The van der Waals surface area contributed by atoms with E-state index in [1.807, 2.05) is 6.26 Å². The van der Waals surface area contributed by atoms with Gasteiger partial charge in [0.2, 0.25) is 5.91 Å². The number of nitrogens with one attached hydrogen (secondary N) is 1. The van der Waals surface area contributed by atoms with Gasteiger partial charge in [0.25, 0.3) is 0 Å². The van der Waals surface area contributed by atoms with E-state index in [4.69, 9.17) is 18.9 Å². The number of aliphatic hydroxyl groups excluding tert-OH is 6. The summed E-state index contributed by atoms with van der Waals surface area (Å²) in [5.74, 6) is 0.566. The van der Waals surface area contributed by atoms with E-state index in [1.165, 1.54) is 6.92 Å². The van der Waals surface area contributed by atoms with Crippen molar-refractivity contribution in [3.63, 3.8) is 0 Å². The van der Waals surface area contributed by atoms with Gasteiger partial charge in [-0.05, 0) is 24.9 Å². The summed E-state index contributed by atoms with van der Waals surface area (Å²) >= 11 is 1.75. The minimum atomic E-state index is -1.71. The molecule has 2 rings (SSSR count). The molecule has 13 heteroatoms. The number of amides is 1. The van der Waals surface area contributed by atoms with Gasteiger partial charge in [-0.25, -0.2) is 0 Å². The highest BCUT2D eigenvalue weighted by Crippen LogP contribution is 2.29. The van der Waals surface area contributed by atoms with Gasteiger partial charge < -0.3 is 54.9 Å². The first-order valence-electron chi connectivity index (χ1n) is 11.0. The largest absolute Gasteiger partial charge is 0.394 e. The van der Waals surface area contributed by atoms with Crippen LogP contribution in [0.4, 0.5) is 0 Å². The monoisotopic (exact) mass is 499 g/mol. The summed E-state index contributed by atoms with van der Waals surface area (Å²) in [7, 11) is 0. The minimum Gasteiger partial charge on any atom is -0.394 e. The molecule has 0 aromatic rings. The summed E-state index contributed by atoms with van der Waals surface area (Å²) in [5.41, 5.74) is 0. The van der Waals surface area contributed by atoms with Gasteiger partial charge in [0.05, 0.1) is 13.2 Å². The number of aliphatic hydroxyl groups is 6. The molecule has 194 valence electrons. The molecule has 7 N–H and O–H groups in total. The predicted molar refractivity (Wildman–Crippen MR) is 116 cm³/mol. The van der Waals surface area contributed by atoms with Crippen LogP contribution in [0.2, 0.25) is 0 Å². The third-order valence-electron chi connectivity index (χ3n) is 5.64. The van der Waals surface area contributed by atoms with Crippen LogP contribution in [0.15, 0.2) is 0 Å². The molecule has 0 aromatic heterocycles. The molecule has 4 unspecified atom stereocenters. The van der Waals surface area contributed by atoms with Crippen molar-refractivity contribution in [2.45, 2.75) is 87.5 Å². The summed E-state index contributed by atoms with van der Waals surface area (Å²) in [6.07, 6.45) is -7.96. The second-order valence-electron chi connectivity index (χ2n) is 8.16. The van der Waals surface area contributed by atoms with Crippen LogP contribution in [0.1, 0.15) is 26.2 Å². The number of ether oxygens (including phenoxy) is 4. The molecule has 0 bridgehead atoms. The second-order valence-corrected chi connectivity index (χ2v) is 9.15. The Morgan fingerprint density at radius 1 is 0.909 bits per heavy atom. The lowest BCUT2D eigenvalue weighted by Gasteiger charge is -2.47. The third-order valence-corrected chi connectivity index (χ3v) is 6.34. The normalized spacial score (nSPS) is 39.4. The highest BCUT2D eigenvalue weighted by atomic mass is 32.2. The van der Waals surface area contributed by atoms with Crippen LogP contribution in [0, 0.1) is 0 Å². The third kappa shape index (κ3) is 7.70. The van der Waals surface area contributed by atoms with E-state index in [-0.39, 0.29) is 0 Å². The molecule has 2 aliphatic heterocycles. The van der Waals surface area contributed by atoms with Crippen LogP contribution in [0.25, 0.3) is 0 Å². The Kier molecular flexibility index (Phi) is 12.2. The van der Waals surface area contributed by atoms with Gasteiger partial charge >= 0.3 is 0 Å². The van der Waals surface area contributed by atoms with E-state index in [0.29, 0.717) is 6.61 Å². The predicted octanol–water partition coefficient (Wildman–Crippen LogP) is -2.70. The fraction of sp³-hybridized carbons (Fsp3) is 0.950. The number of rotatable bonds is 12. The molecule has 2 fully saturated rings. The number of unbranched alkanes of at least 4 members (excludes halogenated alkanes) is 2. The molecule has 0 spiro atoms. The van der Waals surface area contributed by atoms with Crippen LogP contribution in [0.3, 0.4) is 0 Å². The molecule has 0 saturated carbocycles. The zero-order valence-electron chi connectivity index (χ0n) is 18.9. The van der Waals surface area contributed by atoms with Gasteiger partial charge in [-0.1, -0.05) is 6.42 Å². The van der Waals surface area contributed by atoms with Crippen molar-refractivity contribution >= 4 is 17.7 Å². The van der Waals surface area contributed by atoms with E-state index in [1.54, 1.807) is 11.8 Å². The SMILES string of the molecule is CSCCCCCO[C@@H]1OC(CO)[C@@H](O)C(O[C@H]2OC(CO)[C@@H](O)C(O)[C@H]2O)[C@H]1NC(C)=O. The summed E-state index contributed by atoms with van der Waals surface area (Å²) in [6.45, 7) is 0.332. The van der Waals surface area contributed by atoms with Gasteiger partial charge in [0.15, 0.2) is 12.6 Å². The van der Waals surface area contributed by atoms with Crippen LogP contribution < -0.4 is 5.32 Å². The van der Waals surface area contributed by atoms with Crippen molar-refractivity contribution in [1.29, 1.82) is 0 Å². The molecular weight excluding hydrogens is 462 g/mol. The number of carbonyl (C=O) groups is 1. The first-order chi connectivity index (χ1) is 15.7. The first-order valence-corrected chi connectivity index (χ1v) is 12.4. The Hall–Kier alpha value is -0.580.